The maximum absolute atomic E-state index is 5.99. The van der Waals surface area contributed by atoms with E-state index in [9.17, 15) is 0 Å². The van der Waals surface area contributed by atoms with Gasteiger partial charge in [-0.05, 0) is 55.7 Å². The first-order valence-corrected chi connectivity index (χ1v) is 9.95. The van der Waals surface area contributed by atoms with Crippen molar-refractivity contribution in [2.45, 2.75) is 27.3 Å². The SMILES string of the molecule is Cc1cc(C)c(Cn2cc(/C=N\N=C(/N)c3ccccn3)c3ccccc32)c(C)c1. The average molecular weight is 396 g/mol. The first kappa shape index (κ1) is 19.6. The van der Waals surface area contributed by atoms with Crippen molar-refractivity contribution in [1.82, 2.24) is 9.55 Å². The Morgan fingerprint density at radius 1 is 1.03 bits per heavy atom. The molecule has 0 saturated carbocycles. The van der Waals surface area contributed by atoms with E-state index >= 15 is 0 Å². The Morgan fingerprint density at radius 3 is 2.50 bits per heavy atom. The smallest absolute Gasteiger partial charge is 0.171 e. The summed E-state index contributed by atoms with van der Waals surface area (Å²) in [6.07, 6.45) is 5.56. The molecule has 0 aliphatic carbocycles. The monoisotopic (exact) mass is 395 g/mol. The van der Waals surface area contributed by atoms with Gasteiger partial charge in [0.05, 0.1) is 6.21 Å². The molecular weight excluding hydrogens is 370 g/mol. The molecule has 2 heterocycles. The molecule has 0 spiro atoms. The standard InChI is InChI=1S/C25H25N5/c1-17-12-18(2)22(19(3)13-17)16-30-15-20(21-8-4-5-10-24(21)30)14-28-29-25(26)23-9-6-7-11-27-23/h4-15H,16H2,1-3H3,(H2,26,29)/b28-14-. The lowest BCUT2D eigenvalue weighted by molar-refractivity contribution is 0.822. The van der Waals surface area contributed by atoms with E-state index in [1.807, 2.05) is 24.3 Å². The fourth-order valence-electron chi connectivity index (χ4n) is 3.86. The number of hydrogen-bond acceptors (Lipinski definition) is 3. The molecule has 30 heavy (non-hydrogen) atoms. The third kappa shape index (κ3) is 4.01. The predicted octanol–water partition coefficient (Wildman–Crippen LogP) is 4.75. The van der Waals surface area contributed by atoms with Gasteiger partial charge in [0.25, 0.3) is 0 Å². The Bertz CT molecular complexity index is 1230. The molecule has 0 amide bonds. The fraction of sp³-hybridized carbons (Fsp3) is 0.160. The molecule has 0 aliphatic heterocycles. The normalized spacial score (nSPS) is 12.2. The Labute approximate surface area is 176 Å². The molecule has 0 fully saturated rings. The van der Waals surface area contributed by atoms with Crippen LogP contribution in [0.4, 0.5) is 0 Å². The number of aryl methyl sites for hydroxylation is 3. The second-order valence-electron chi connectivity index (χ2n) is 7.55. The van der Waals surface area contributed by atoms with Crippen molar-refractivity contribution >= 4 is 23.0 Å². The minimum atomic E-state index is 0.293. The quantitative estimate of drug-likeness (QED) is 0.301. The molecule has 0 saturated heterocycles. The van der Waals surface area contributed by atoms with Crippen molar-refractivity contribution in [3.8, 4) is 0 Å². The summed E-state index contributed by atoms with van der Waals surface area (Å²) >= 11 is 0. The van der Waals surface area contributed by atoms with E-state index in [1.54, 1.807) is 12.4 Å². The van der Waals surface area contributed by atoms with Crippen LogP contribution in [-0.2, 0) is 6.54 Å². The van der Waals surface area contributed by atoms with Gasteiger partial charge in [-0.25, -0.2) is 0 Å². The lowest BCUT2D eigenvalue weighted by Crippen LogP contribution is -2.14. The molecule has 0 unspecified atom stereocenters. The van der Waals surface area contributed by atoms with Crippen LogP contribution in [0.5, 0.6) is 0 Å². The molecule has 2 aromatic heterocycles. The van der Waals surface area contributed by atoms with E-state index in [0.29, 0.717) is 11.5 Å². The number of nitrogens with zero attached hydrogens (tertiary/aromatic N) is 4. The molecule has 0 radical (unpaired) electrons. The van der Waals surface area contributed by atoms with E-state index in [4.69, 9.17) is 5.73 Å². The van der Waals surface area contributed by atoms with E-state index in [2.05, 4.69) is 77.1 Å². The highest BCUT2D eigenvalue weighted by Crippen LogP contribution is 2.24. The maximum Gasteiger partial charge on any atom is 0.171 e. The van der Waals surface area contributed by atoms with Crippen molar-refractivity contribution in [3.63, 3.8) is 0 Å². The van der Waals surface area contributed by atoms with E-state index < -0.39 is 0 Å². The zero-order valence-electron chi connectivity index (χ0n) is 17.5. The highest BCUT2D eigenvalue weighted by atomic mass is 15.2. The number of fused-ring (bicyclic) bond motifs is 1. The lowest BCUT2D eigenvalue weighted by atomic mass is 10.00. The van der Waals surface area contributed by atoms with E-state index in [0.717, 1.165) is 17.5 Å². The van der Waals surface area contributed by atoms with Gasteiger partial charge in [0.15, 0.2) is 5.84 Å². The Hall–Kier alpha value is -3.73. The Morgan fingerprint density at radius 2 is 1.77 bits per heavy atom. The molecule has 5 heteroatoms. The van der Waals surface area contributed by atoms with Crippen molar-refractivity contribution in [1.29, 1.82) is 0 Å². The number of amidine groups is 1. The van der Waals surface area contributed by atoms with Gasteiger partial charge in [-0.15, -0.1) is 5.10 Å². The summed E-state index contributed by atoms with van der Waals surface area (Å²) in [5.41, 5.74) is 14.0. The summed E-state index contributed by atoms with van der Waals surface area (Å²) < 4.78 is 2.27. The summed E-state index contributed by atoms with van der Waals surface area (Å²) in [6.45, 7) is 7.31. The van der Waals surface area contributed by atoms with Crippen LogP contribution in [-0.4, -0.2) is 21.6 Å². The predicted molar refractivity (Wildman–Crippen MR) is 124 cm³/mol. The summed E-state index contributed by atoms with van der Waals surface area (Å²) in [6, 6.07) is 18.3. The molecule has 2 N–H and O–H groups in total. The number of para-hydroxylation sites is 1. The van der Waals surface area contributed by atoms with Gasteiger partial charge in [0.1, 0.15) is 5.69 Å². The third-order valence-electron chi connectivity index (χ3n) is 5.28. The van der Waals surface area contributed by atoms with Crippen LogP contribution in [0, 0.1) is 20.8 Å². The van der Waals surface area contributed by atoms with Gasteiger partial charge in [-0.3, -0.25) is 4.98 Å². The molecule has 2 aromatic carbocycles. The number of rotatable bonds is 5. The van der Waals surface area contributed by atoms with E-state index in [-0.39, 0.29) is 0 Å². The first-order valence-electron chi connectivity index (χ1n) is 9.95. The minimum absolute atomic E-state index is 0.293. The minimum Gasteiger partial charge on any atom is -0.380 e. The van der Waals surface area contributed by atoms with Crippen LogP contribution in [0.25, 0.3) is 10.9 Å². The van der Waals surface area contributed by atoms with Crippen molar-refractivity contribution in [3.05, 3.63) is 101 Å². The Balaban J connectivity index is 1.68. The van der Waals surface area contributed by atoms with Gasteiger partial charge in [0.2, 0.25) is 0 Å². The molecule has 150 valence electrons. The highest BCUT2D eigenvalue weighted by Gasteiger charge is 2.10. The van der Waals surface area contributed by atoms with Crippen LogP contribution in [0.2, 0.25) is 0 Å². The zero-order chi connectivity index (χ0) is 21.1. The number of nitrogens with two attached hydrogens (primary N) is 1. The Kier molecular flexibility index (Phi) is 5.44. The van der Waals surface area contributed by atoms with Crippen LogP contribution < -0.4 is 5.73 Å². The lowest BCUT2D eigenvalue weighted by Gasteiger charge is -2.13. The molecule has 0 bridgehead atoms. The van der Waals surface area contributed by atoms with Gasteiger partial charge in [-0.2, -0.15) is 5.10 Å². The van der Waals surface area contributed by atoms with Crippen LogP contribution in [0.1, 0.15) is 33.5 Å². The van der Waals surface area contributed by atoms with Gasteiger partial charge in [0, 0.05) is 35.4 Å². The summed E-state index contributed by atoms with van der Waals surface area (Å²) in [5, 5.41) is 9.47. The van der Waals surface area contributed by atoms with E-state index in [1.165, 1.54) is 27.8 Å². The van der Waals surface area contributed by atoms with Crippen molar-refractivity contribution < 1.29 is 0 Å². The average Bonchev–Trinajstić information content (AvgIpc) is 3.09. The molecule has 5 nitrogen and oxygen atoms in total. The van der Waals surface area contributed by atoms with Crippen molar-refractivity contribution in [2.75, 3.05) is 0 Å². The largest absolute Gasteiger partial charge is 0.380 e. The fourth-order valence-corrected chi connectivity index (χ4v) is 3.86. The summed E-state index contributed by atoms with van der Waals surface area (Å²) in [4.78, 5) is 4.19. The molecular formula is C25H25N5. The number of hydrogen-bond donors (Lipinski definition) is 1. The first-order chi connectivity index (χ1) is 14.5. The summed E-state index contributed by atoms with van der Waals surface area (Å²) in [5.74, 6) is 0.293. The second-order valence-corrected chi connectivity index (χ2v) is 7.55. The highest BCUT2D eigenvalue weighted by molar-refractivity contribution is 6.00. The number of benzene rings is 2. The van der Waals surface area contributed by atoms with Crippen LogP contribution >= 0.6 is 0 Å². The third-order valence-corrected chi connectivity index (χ3v) is 5.28. The van der Waals surface area contributed by atoms with Crippen LogP contribution in [0.15, 0.2) is 77.2 Å². The van der Waals surface area contributed by atoms with Gasteiger partial charge >= 0.3 is 0 Å². The molecule has 4 rings (SSSR count). The van der Waals surface area contributed by atoms with Crippen molar-refractivity contribution in [2.24, 2.45) is 15.9 Å². The topological polar surface area (TPSA) is 68.6 Å². The van der Waals surface area contributed by atoms with Gasteiger partial charge in [-0.1, -0.05) is 42.0 Å². The van der Waals surface area contributed by atoms with Crippen LogP contribution in [0.3, 0.4) is 0 Å². The molecule has 4 aromatic rings. The molecule has 0 aliphatic rings. The van der Waals surface area contributed by atoms with Gasteiger partial charge < -0.3 is 10.3 Å². The number of aromatic nitrogens is 2. The summed E-state index contributed by atoms with van der Waals surface area (Å²) in [7, 11) is 0. The number of pyridine rings is 1. The second kappa shape index (κ2) is 8.33. The zero-order valence-corrected chi connectivity index (χ0v) is 17.5. The molecule has 0 atom stereocenters. The maximum atomic E-state index is 5.99.